The number of benzene rings is 1. The SMILES string of the molecule is COC(=O)C(COCc1ccccc1)N(C)C(=O)CC[C@H](N)C1CCOCC1. The van der Waals surface area contributed by atoms with Crippen LogP contribution in [0.25, 0.3) is 0 Å². The minimum atomic E-state index is -0.777. The first kappa shape index (κ1) is 22.3. The summed E-state index contributed by atoms with van der Waals surface area (Å²) in [6, 6.07) is 8.85. The molecule has 28 heavy (non-hydrogen) atoms. The van der Waals surface area contributed by atoms with E-state index in [0.29, 0.717) is 25.4 Å². The van der Waals surface area contributed by atoms with E-state index in [2.05, 4.69) is 0 Å². The maximum atomic E-state index is 12.6. The first-order valence-corrected chi connectivity index (χ1v) is 9.81. The fourth-order valence-corrected chi connectivity index (χ4v) is 3.36. The van der Waals surface area contributed by atoms with E-state index in [1.54, 1.807) is 7.05 Å². The third-order valence-electron chi connectivity index (χ3n) is 5.28. The molecular weight excluding hydrogens is 360 g/mol. The van der Waals surface area contributed by atoms with Gasteiger partial charge in [0.05, 0.1) is 20.3 Å². The largest absolute Gasteiger partial charge is 0.467 e. The molecule has 1 heterocycles. The second-order valence-electron chi connectivity index (χ2n) is 7.20. The van der Waals surface area contributed by atoms with E-state index in [0.717, 1.165) is 31.6 Å². The van der Waals surface area contributed by atoms with E-state index in [1.807, 2.05) is 30.3 Å². The number of rotatable bonds is 10. The van der Waals surface area contributed by atoms with Gasteiger partial charge in [0.15, 0.2) is 6.04 Å². The van der Waals surface area contributed by atoms with Crippen LogP contribution in [-0.2, 0) is 30.4 Å². The molecule has 156 valence electrons. The summed E-state index contributed by atoms with van der Waals surface area (Å²) in [5.74, 6) is -0.240. The van der Waals surface area contributed by atoms with Crippen LogP contribution in [0.3, 0.4) is 0 Å². The van der Waals surface area contributed by atoms with Crippen LogP contribution < -0.4 is 5.73 Å². The van der Waals surface area contributed by atoms with Crippen molar-refractivity contribution in [1.82, 2.24) is 4.90 Å². The molecule has 2 atom stereocenters. The zero-order valence-electron chi connectivity index (χ0n) is 16.8. The number of likely N-dealkylation sites (N-methyl/N-ethyl adjacent to an activating group) is 1. The van der Waals surface area contributed by atoms with Gasteiger partial charge in [-0.25, -0.2) is 4.79 Å². The van der Waals surface area contributed by atoms with Gasteiger partial charge in [-0.05, 0) is 30.7 Å². The molecule has 0 aliphatic carbocycles. The Balaban J connectivity index is 1.83. The number of nitrogens with zero attached hydrogens (tertiary/aromatic N) is 1. The first-order valence-electron chi connectivity index (χ1n) is 9.81. The Kier molecular flexibility index (Phi) is 9.40. The summed E-state index contributed by atoms with van der Waals surface area (Å²) >= 11 is 0. The van der Waals surface area contributed by atoms with Gasteiger partial charge in [0.1, 0.15) is 0 Å². The smallest absolute Gasteiger partial charge is 0.330 e. The molecule has 1 aromatic rings. The van der Waals surface area contributed by atoms with Gasteiger partial charge in [0, 0.05) is 32.7 Å². The van der Waals surface area contributed by atoms with Crippen molar-refractivity contribution in [2.24, 2.45) is 11.7 Å². The monoisotopic (exact) mass is 392 g/mol. The van der Waals surface area contributed by atoms with Crippen LogP contribution in [0.1, 0.15) is 31.2 Å². The molecular formula is C21H32N2O5. The molecule has 0 spiro atoms. The van der Waals surface area contributed by atoms with Gasteiger partial charge in [-0.1, -0.05) is 30.3 Å². The Hall–Kier alpha value is -1.96. The van der Waals surface area contributed by atoms with Crippen LogP contribution in [0.2, 0.25) is 0 Å². The quantitative estimate of drug-likeness (QED) is 0.610. The van der Waals surface area contributed by atoms with Gasteiger partial charge < -0.3 is 24.8 Å². The molecule has 1 aliphatic rings. The summed E-state index contributed by atoms with van der Waals surface area (Å²) in [7, 11) is 2.92. The highest BCUT2D eigenvalue weighted by Crippen LogP contribution is 2.20. The lowest BCUT2D eigenvalue weighted by atomic mass is 9.89. The Morgan fingerprint density at radius 2 is 1.93 bits per heavy atom. The van der Waals surface area contributed by atoms with E-state index in [9.17, 15) is 9.59 Å². The van der Waals surface area contributed by atoms with Crippen molar-refractivity contribution in [1.29, 1.82) is 0 Å². The highest BCUT2D eigenvalue weighted by Gasteiger charge is 2.29. The number of nitrogens with two attached hydrogens (primary N) is 1. The molecule has 0 radical (unpaired) electrons. The summed E-state index contributed by atoms with van der Waals surface area (Å²) in [5, 5.41) is 0. The lowest BCUT2D eigenvalue weighted by Gasteiger charge is -2.29. The van der Waals surface area contributed by atoms with Gasteiger partial charge in [-0.2, -0.15) is 0 Å². The third-order valence-corrected chi connectivity index (χ3v) is 5.28. The van der Waals surface area contributed by atoms with Gasteiger partial charge >= 0.3 is 5.97 Å². The topological polar surface area (TPSA) is 91.1 Å². The molecule has 0 saturated carbocycles. The number of ether oxygens (including phenoxy) is 3. The lowest BCUT2D eigenvalue weighted by molar-refractivity contribution is -0.154. The second kappa shape index (κ2) is 11.8. The minimum Gasteiger partial charge on any atom is -0.467 e. The zero-order chi connectivity index (χ0) is 20.4. The standard InChI is InChI=1S/C21H32N2O5/c1-23(20(24)9-8-18(22)17-10-12-27-13-11-17)19(21(25)26-2)15-28-14-16-6-4-3-5-7-16/h3-7,17-19H,8-15,22H2,1-2H3/t18-,19?/m0/s1. The number of esters is 1. The van der Waals surface area contributed by atoms with E-state index in [1.165, 1.54) is 12.0 Å². The van der Waals surface area contributed by atoms with Gasteiger partial charge in [0.2, 0.25) is 5.91 Å². The number of amides is 1. The highest BCUT2D eigenvalue weighted by atomic mass is 16.5. The Morgan fingerprint density at radius 3 is 2.57 bits per heavy atom. The molecule has 1 saturated heterocycles. The molecule has 1 aromatic carbocycles. The van der Waals surface area contributed by atoms with Crippen molar-refractivity contribution in [3.8, 4) is 0 Å². The summed E-state index contributed by atoms with van der Waals surface area (Å²) in [6.45, 7) is 1.91. The molecule has 1 aliphatic heterocycles. The number of methoxy groups -OCH3 is 1. The minimum absolute atomic E-state index is 0.0350. The van der Waals surface area contributed by atoms with Crippen LogP contribution >= 0.6 is 0 Å². The molecule has 7 nitrogen and oxygen atoms in total. The van der Waals surface area contributed by atoms with Gasteiger partial charge in [-0.15, -0.1) is 0 Å². The van der Waals surface area contributed by atoms with Crippen LogP contribution in [0.4, 0.5) is 0 Å². The maximum absolute atomic E-state index is 12.6. The number of hydrogen-bond acceptors (Lipinski definition) is 6. The van der Waals surface area contributed by atoms with Crippen LogP contribution in [0, 0.1) is 5.92 Å². The lowest BCUT2D eigenvalue weighted by Crippen LogP contribution is -2.46. The Labute approximate surface area is 167 Å². The average molecular weight is 392 g/mol. The van der Waals surface area contributed by atoms with Crippen LogP contribution in [0.15, 0.2) is 30.3 Å². The molecule has 7 heteroatoms. The maximum Gasteiger partial charge on any atom is 0.330 e. The molecule has 1 amide bonds. The fraction of sp³-hybridized carbons (Fsp3) is 0.619. The molecule has 2 N–H and O–H groups in total. The first-order chi connectivity index (χ1) is 13.5. The summed E-state index contributed by atoms with van der Waals surface area (Å²) in [4.78, 5) is 26.2. The molecule has 1 fully saturated rings. The summed E-state index contributed by atoms with van der Waals surface area (Å²) in [6.07, 6.45) is 2.75. The third kappa shape index (κ3) is 6.89. The van der Waals surface area contributed by atoms with Crippen molar-refractivity contribution in [2.75, 3.05) is 34.0 Å². The van der Waals surface area contributed by atoms with E-state index in [4.69, 9.17) is 19.9 Å². The number of carbonyl (C=O) groups is 2. The summed E-state index contributed by atoms with van der Waals surface area (Å²) < 4.78 is 15.9. The molecule has 0 bridgehead atoms. The van der Waals surface area contributed by atoms with Gasteiger partial charge in [0.25, 0.3) is 0 Å². The molecule has 1 unspecified atom stereocenters. The van der Waals surface area contributed by atoms with Crippen molar-refractivity contribution in [3.63, 3.8) is 0 Å². The van der Waals surface area contributed by atoms with Crippen molar-refractivity contribution < 1.29 is 23.8 Å². The van der Waals surface area contributed by atoms with Crippen LogP contribution in [0.5, 0.6) is 0 Å². The van der Waals surface area contributed by atoms with E-state index >= 15 is 0 Å². The van der Waals surface area contributed by atoms with Crippen molar-refractivity contribution in [2.45, 2.75) is 44.4 Å². The average Bonchev–Trinajstić information content (AvgIpc) is 2.75. The van der Waals surface area contributed by atoms with Crippen molar-refractivity contribution >= 4 is 11.9 Å². The Bertz CT molecular complexity index is 604. The highest BCUT2D eigenvalue weighted by molar-refractivity contribution is 5.84. The van der Waals surface area contributed by atoms with Crippen molar-refractivity contribution in [3.05, 3.63) is 35.9 Å². The van der Waals surface area contributed by atoms with Crippen LogP contribution in [-0.4, -0.2) is 62.8 Å². The number of hydrogen-bond donors (Lipinski definition) is 1. The van der Waals surface area contributed by atoms with Gasteiger partial charge in [-0.3, -0.25) is 4.79 Å². The Morgan fingerprint density at radius 1 is 1.25 bits per heavy atom. The van der Waals surface area contributed by atoms with E-state index < -0.39 is 12.0 Å². The number of carbonyl (C=O) groups excluding carboxylic acids is 2. The van der Waals surface area contributed by atoms with E-state index in [-0.39, 0.29) is 18.6 Å². The predicted molar refractivity (Wildman–Crippen MR) is 105 cm³/mol. The normalized spacial score (nSPS) is 17.0. The zero-order valence-corrected chi connectivity index (χ0v) is 16.8. The molecule has 2 rings (SSSR count). The molecule has 0 aromatic heterocycles. The second-order valence-corrected chi connectivity index (χ2v) is 7.20. The fourth-order valence-electron chi connectivity index (χ4n) is 3.36. The predicted octanol–water partition coefficient (Wildman–Crippen LogP) is 1.74. The summed E-state index contributed by atoms with van der Waals surface area (Å²) in [5.41, 5.74) is 7.26.